The Morgan fingerprint density at radius 1 is 0.932 bits per heavy atom. The third kappa shape index (κ3) is 6.36. The summed E-state index contributed by atoms with van der Waals surface area (Å²) in [7, 11) is 1.76. The second-order valence-electron chi connectivity index (χ2n) is 12.5. The lowest BCUT2D eigenvalue weighted by molar-refractivity contribution is -0.144. The quantitative estimate of drug-likeness (QED) is 0.328. The molecule has 1 saturated carbocycles. The van der Waals surface area contributed by atoms with E-state index in [1.807, 2.05) is 71.8 Å². The average molecular weight is 614 g/mol. The van der Waals surface area contributed by atoms with Gasteiger partial charge in [-0.15, -0.1) is 11.3 Å². The molecule has 2 N–H and O–H groups in total. The Morgan fingerprint density at radius 3 is 2.45 bits per heavy atom. The number of rotatable bonds is 9. The fourth-order valence-corrected chi connectivity index (χ4v) is 8.04. The lowest BCUT2D eigenvalue weighted by Gasteiger charge is -2.45. The van der Waals surface area contributed by atoms with E-state index in [1.54, 1.807) is 7.05 Å². The van der Waals surface area contributed by atoms with Gasteiger partial charge in [0, 0.05) is 30.1 Å². The normalized spacial score (nSPS) is 22.3. The number of nitrogens with zero attached hydrogens (tertiary/aromatic N) is 3. The molecule has 2 aromatic carbocycles. The van der Waals surface area contributed by atoms with Crippen molar-refractivity contribution in [2.75, 3.05) is 26.7 Å². The smallest absolute Gasteiger partial charge is 0.246 e. The molecular formula is C35H43N5O3S. The van der Waals surface area contributed by atoms with Crippen molar-refractivity contribution in [3.05, 3.63) is 76.2 Å². The van der Waals surface area contributed by atoms with Crippen molar-refractivity contribution in [1.82, 2.24) is 25.4 Å². The number of ketones is 1. The number of benzene rings is 2. The fraction of sp³-hybridized carbons (Fsp3) is 0.486. The summed E-state index contributed by atoms with van der Waals surface area (Å²) < 4.78 is 0. The van der Waals surface area contributed by atoms with Gasteiger partial charge in [0.25, 0.3) is 0 Å². The highest BCUT2D eigenvalue weighted by atomic mass is 32.1. The van der Waals surface area contributed by atoms with Crippen LogP contribution in [0.4, 0.5) is 0 Å². The maximum absolute atomic E-state index is 14.6. The van der Waals surface area contributed by atoms with Crippen LogP contribution in [-0.2, 0) is 9.59 Å². The summed E-state index contributed by atoms with van der Waals surface area (Å²) in [5.74, 6) is -0.156. The van der Waals surface area contributed by atoms with Gasteiger partial charge in [0.15, 0.2) is 0 Å². The van der Waals surface area contributed by atoms with Gasteiger partial charge in [0.05, 0.1) is 12.1 Å². The molecule has 8 nitrogen and oxygen atoms in total. The predicted octanol–water partition coefficient (Wildman–Crippen LogP) is 5.06. The molecular weight excluding hydrogens is 570 g/mol. The average Bonchev–Trinajstić information content (AvgIpc) is 3.76. The molecule has 3 aromatic rings. The maximum atomic E-state index is 14.6. The minimum Gasteiger partial charge on any atom is -0.343 e. The molecule has 2 saturated heterocycles. The van der Waals surface area contributed by atoms with Crippen LogP contribution in [0, 0.1) is 5.92 Å². The van der Waals surface area contributed by atoms with Gasteiger partial charge in [-0.05, 0) is 63.2 Å². The maximum Gasteiger partial charge on any atom is 0.246 e. The zero-order valence-electron chi connectivity index (χ0n) is 25.7. The van der Waals surface area contributed by atoms with Crippen molar-refractivity contribution < 1.29 is 14.4 Å². The van der Waals surface area contributed by atoms with Crippen LogP contribution < -0.4 is 10.6 Å². The molecule has 2 amide bonds. The van der Waals surface area contributed by atoms with Crippen LogP contribution >= 0.6 is 11.3 Å². The van der Waals surface area contributed by atoms with E-state index in [-0.39, 0.29) is 35.6 Å². The van der Waals surface area contributed by atoms with Gasteiger partial charge >= 0.3 is 0 Å². The molecule has 3 heterocycles. The van der Waals surface area contributed by atoms with Gasteiger partial charge in [-0.1, -0.05) is 73.9 Å². The van der Waals surface area contributed by atoms with Crippen molar-refractivity contribution >= 4 is 28.9 Å². The molecule has 0 unspecified atom stereocenters. The monoisotopic (exact) mass is 613 g/mol. The molecule has 0 spiro atoms. The van der Waals surface area contributed by atoms with Crippen molar-refractivity contribution in [1.29, 1.82) is 0 Å². The van der Waals surface area contributed by atoms with Gasteiger partial charge in [0.1, 0.15) is 16.7 Å². The Labute approximate surface area is 264 Å². The number of piperazine rings is 1. The van der Waals surface area contributed by atoms with Crippen LogP contribution in [0.15, 0.2) is 60.0 Å². The number of thiazole rings is 1. The molecule has 6 rings (SSSR count). The molecule has 9 heteroatoms. The largest absolute Gasteiger partial charge is 0.343 e. The number of hydrogen-bond donors (Lipinski definition) is 2. The molecule has 3 fully saturated rings. The second-order valence-corrected chi connectivity index (χ2v) is 13.4. The minimum atomic E-state index is -0.562. The summed E-state index contributed by atoms with van der Waals surface area (Å²) in [6.07, 6.45) is 7.38. The highest BCUT2D eigenvalue weighted by Crippen LogP contribution is 2.37. The summed E-state index contributed by atoms with van der Waals surface area (Å²) in [5, 5.41) is 8.79. The number of likely N-dealkylation sites (N-methyl/N-ethyl adjacent to an activating group) is 1. The number of carbonyl (C=O) groups excluding carboxylic acids is 3. The topological polar surface area (TPSA) is 94.6 Å². The third-order valence-electron chi connectivity index (χ3n) is 9.78. The lowest BCUT2D eigenvalue weighted by Crippen LogP contribution is -2.60. The summed E-state index contributed by atoms with van der Waals surface area (Å²) in [6.45, 7) is 4.13. The van der Waals surface area contributed by atoms with E-state index in [9.17, 15) is 14.4 Å². The van der Waals surface area contributed by atoms with E-state index in [2.05, 4.69) is 15.5 Å². The number of carbonyl (C=O) groups is 3. The van der Waals surface area contributed by atoms with Crippen molar-refractivity contribution in [2.24, 2.45) is 5.92 Å². The first-order valence-electron chi connectivity index (χ1n) is 16.1. The molecule has 0 radical (unpaired) electrons. The molecule has 3 aliphatic rings. The molecule has 1 aliphatic carbocycles. The van der Waals surface area contributed by atoms with Crippen molar-refractivity contribution in [3.8, 4) is 11.1 Å². The van der Waals surface area contributed by atoms with Crippen LogP contribution in [-0.4, -0.2) is 77.2 Å². The first-order chi connectivity index (χ1) is 21.4. The zero-order chi connectivity index (χ0) is 30.6. The van der Waals surface area contributed by atoms with Crippen LogP contribution in [0.3, 0.4) is 0 Å². The van der Waals surface area contributed by atoms with Gasteiger partial charge in [0.2, 0.25) is 17.6 Å². The van der Waals surface area contributed by atoms with Crippen LogP contribution in [0.5, 0.6) is 0 Å². The Hall–Kier alpha value is -3.40. The van der Waals surface area contributed by atoms with Gasteiger partial charge in [-0.2, -0.15) is 0 Å². The van der Waals surface area contributed by atoms with Gasteiger partial charge in [-0.25, -0.2) is 4.98 Å². The van der Waals surface area contributed by atoms with E-state index >= 15 is 0 Å². The number of nitrogens with one attached hydrogen (secondary N) is 2. The van der Waals surface area contributed by atoms with Gasteiger partial charge in [-0.3, -0.25) is 19.3 Å². The van der Waals surface area contributed by atoms with Crippen molar-refractivity contribution in [2.45, 2.75) is 76.0 Å². The predicted molar refractivity (Wildman–Crippen MR) is 174 cm³/mol. The Balaban J connectivity index is 1.30. The molecule has 232 valence electrons. The highest BCUT2D eigenvalue weighted by molar-refractivity contribution is 7.10. The fourth-order valence-electron chi connectivity index (χ4n) is 7.14. The van der Waals surface area contributed by atoms with E-state index < -0.39 is 6.04 Å². The summed E-state index contributed by atoms with van der Waals surface area (Å²) >= 11 is 1.46. The Bertz CT molecular complexity index is 1470. The van der Waals surface area contributed by atoms with E-state index in [0.29, 0.717) is 30.4 Å². The number of hydrogen-bond acceptors (Lipinski definition) is 7. The van der Waals surface area contributed by atoms with E-state index in [1.165, 1.54) is 17.8 Å². The number of aromatic nitrogens is 1. The third-order valence-corrected chi connectivity index (χ3v) is 10.7. The van der Waals surface area contributed by atoms with E-state index in [4.69, 9.17) is 4.98 Å². The van der Waals surface area contributed by atoms with E-state index in [0.717, 1.165) is 61.2 Å². The van der Waals surface area contributed by atoms with Crippen molar-refractivity contribution in [3.63, 3.8) is 0 Å². The highest BCUT2D eigenvalue weighted by Gasteiger charge is 2.44. The van der Waals surface area contributed by atoms with Crippen LogP contribution in [0.2, 0.25) is 0 Å². The SMILES string of the molecule is CN[C@@H](C)C(=O)N[C@H](C(=O)N1C[C@H]2CCCN2C[C@H]1c1nc(C(=O)c2ccccc2-c2ccccc2)cs1)C1CCCCC1. The first kappa shape index (κ1) is 30.6. The minimum absolute atomic E-state index is 0.0115. The Kier molecular flexibility index (Phi) is 9.54. The molecule has 0 bridgehead atoms. The summed E-state index contributed by atoms with van der Waals surface area (Å²) in [4.78, 5) is 50.9. The van der Waals surface area contributed by atoms with Gasteiger partial charge < -0.3 is 15.5 Å². The standard InChI is InChI=1S/C35H43N5O3S/c1-23(36-2)33(42)38-31(25-14-7-4-8-15-25)35(43)40-20-26-16-11-19-39(26)21-30(40)34-37-29(22-44-34)32(41)28-18-10-9-17-27(28)24-12-5-3-6-13-24/h3,5-6,9-10,12-13,17-18,22-23,25-26,30-31,36H,4,7-8,11,14-16,19-21H2,1-2H3,(H,38,42)/t23-,26+,30-,31-/m0/s1. The zero-order valence-corrected chi connectivity index (χ0v) is 26.5. The van der Waals surface area contributed by atoms with Crippen LogP contribution in [0.25, 0.3) is 11.1 Å². The second kappa shape index (κ2) is 13.7. The summed E-state index contributed by atoms with van der Waals surface area (Å²) in [6, 6.07) is 16.7. The molecule has 4 atom stereocenters. The molecule has 44 heavy (non-hydrogen) atoms. The number of amides is 2. The summed E-state index contributed by atoms with van der Waals surface area (Å²) in [5.41, 5.74) is 2.89. The number of fused-ring (bicyclic) bond motifs is 1. The van der Waals surface area contributed by atoms with Crippen LogP contribution in [0.1, 0.15) is 79.0 Å². The lowest BCUT2D eigenvalue weighted by atomic mass is 9.82. The molecule has 1 aromatic heterocycles. The Morgan fingerprint density at radius 2 is 1.68 bits per heavy atom. The first-order valence-corrected chi connectivity index (χ1v) is 17.0. The molecule has 2 aliphatic heterocycles.